The van der Waals surface area contributed by atoms with E-state index in [9.17, 15) is 18.0 Å². The number of aliphatic carboxylic acids is 1. The van der Waals surface area contributed by atoms with Crippen molar-refractivity contribution in [1.82, 2.24) is 9.29 Å². The molecule has 7 nitrogen and oxygen atoms in total. The number of carbonyl (C=O) groups is 2. The summed E-state index contributed by atoms with van der Waals surface area (Å²) in [4.78, 5) is 29.6. The van der Waals surface area contributed by atoms with Crippen LogP contribution in [0.2, 0.25) is 0 Å². The molecule has 0 atom stereocenters. The number of unbranched alkanes of at least 4 members (excludes halogenated alkanes) is 2. The third-order valence-corrected chi connectivity index (χ3v) is 7.69. The van der Waals surface area contributed by atoms with E-state index in [4.69, 9.17) is 5.11 Å². The first-order valence-corrected chi connectivity index (χ1v) is 12.9. The highest BCUT2D eigenvalue weighted by Crippen LogP contribution is 2.29. The molecule has 0 aliphatic carbocycles. The number of nitrogens with zero attached hydrogens (tertiary/aromatic N) is 2. The van der Waals surface area contributed by atoms with Gasteiger partial charge in [-0.3, -0.25) is 9.59 Å². The summed E-state index contributed by atoms with van der Waals surface area (Å²) < 4.78 is 28.3. The minimum atomic E-state index is -4.16. The number of aryl methyl sites for hydroxylation is 1. The number of benzene rings is 3. The van der Waals surface area contributed by atoms with Gasteiger partial charge in [0.2, 0.25) is 0 Å². The molecule has 1 aromatic heterocycles. The van der Waals surface area contributed by atoms with Crippen molar-refractivity contribution in [1.29, 1.82) is 0 Å². The fourth-order valence-corrected chi connectivity index (χ4v) is 5.49. The number of pyridine rings is 1. The minimum Gasteiger partial charge on any atom is -0.481 e. The predicted octanol–water partition coefficient (Wildman–Crippen LogP) is 5.17. The van der Waals surface area contributed by atoms with Crippen molar-refractivity contribution in [3.8, 4) is 0 Å². The lowest BCUT2D eigenvalue weighted by Gasteiger charge is -2.24. The highest BCUT2D eigenvalue weighted by molar-refractivity contribution is 7.89. The molecular weight excluding hydrogens is 464 g/mol. The Morgan fingerprint density at radius 1 is 0.829 bits per heavy atom. The molecule has 0 aliphatic rings. The van der Waals surface area contributed by atoms with Crippen molar-refractivity contribution in [2.75, 3.05) is 6.54 Å². The Hall–Kier alpha value is -3.78. The summed E-state index contributed by atoms with van der Waals surface area (Å²) in [6.45, 7) is 1.80. The number of sulfonamides is 1. The van der Waals surface area contributed by atoms with Crippen LogP contribution in [0.25, 0.3) is 21.8 Å². The Morgan fingerprint density at radius 3 is 1.97 bits per heavy atom. The summed E-state index contributed by atoms with van der Waals surface area (Å²) in [5.74, 6) is -1.53. The molecule has 8 heteroatoms. The summed E-state index contributed by atoms with van der Waals surface area (Å²) in [7, 11) is -4.16. The number of aromatic nitrogens is 1. The van der Waals surface area contributed by atoms with Crippen molar-refractivity contribution in [2.24, 2.45) is 0 Å². The Labute approximate surface area is 204 Å². The molecule has 0 saturated carbocycles. The van der Waals surface area contributed by atoms with Crippen LogP contribution in [-0.4, -0.2) is 41.2 Å². The second-order valence-electron chi connectivity index (χ2n) is 8.42. The third kappa shape index (κ3) is 5.17. The molecule has 0 unspecified atom stereocenters. The first-order chi connectivity index (χ1) is 16.8. The Kier molecular flexibility index (Phi) is 7.12. The van der Waals surface area contributed by atoms with Gasteiger partial charge in [-0.2, -0.15) is 0 Å². The molecule has 1 amide bonds. The Bertz CT molecular complexity index is 1440. The van der Waals surface area contributed by atoms with E-state index in [-0.39, 0.29) is 23.4 Å². The lowest BCUT2D eigenvalue weighted by atomic mass is 10.0. The fraction of sp³-hybridized carbons (Fsp3) is 0.222. The van der Waals surface area contributed by atoms with Crippen LogP contribution in [0.1, 0.15) is 41.6 Å². The molecule has 4 rings (SSSR count). The summed E-state index contributed by atoms with van der Waals surface area (Å²) >= 11 is 0. The normalized spacial score (nSPS) is 11.6. The second kappa shape index (κ2) is 10.2. The van der Waals surface area contributed by atoms with E-state index >= 15 is 0 Å². The molecule has 0 radical (unpaired) electrons. The molecule has 180 valence electrons. The molecule has 4 aromatic rings. The maximum absolute atomic E-state index is 14.1. The van der Waals surface area contributed by atoms with Gasteiger partial charge in [0.15, 0.2) is 0 Å². The van der Waals surface area contributed by atoms with Crippen molar-refractivity contribution < 1.29 is 23.1 Å². The fourth-order valence-electron chi connectivity index (χ4n) is 4.07. The predicted molar refractivity (Wildman–Crippen MR) is 135 cm³/mol. The van der Waals surface area contributed by atoms with Gasteiger partial charge in [-0.15, -0.1) is 0 Å². The maximum atomic E-state index is 14.1. The van der Waals surface area contributed by atoms with Crippen LogP contribution in [0, 0.1) is 6.92 Å². The number of carbonyl (C=O) groups excluding carboxylic acids is 1. The van der Waals surface area contributed by atoms with Crippen LogP contribution in [-0.2, 0) is 14.8 Å². The van der Waals surface area contributed by atoms with Crippen LogP contribution in [0.5, 0.6) is 0 Å². The smallest absolute Gasteiger partial charge is 0.303 e. The molecule has 0 saturated heterocycles. The molecule has 0 spiro atoms. The van der Waals surface area contributed by atoms with Gasteiger partial charge in [-0.25, -0.2) is 17.7 Å². The van der Waals surface area contributed by atoms with Crippen LogP contribution >= 0.6 is 0 Å². The Morgan fingerprint density at radius 2 is 1.40 bits per heavy atom. The first kappa shape index (κ1) is 24.3. The van der Waals surface area contributed by atoms with E-state index in [0.29, 0.717) is 41.1 Å². The number of amides is 1. The zero-order valence-electron chi connectivity index (χ0n) is 19.3. The van der Waals surface area contributed by atoms with E-state index in [1.54, 1.807) is 48.5 Å². The lowest BCUT2D eigenvalue weighted by Crippen LogP contribution is -2.38. The van der Waals surface area contributed by atoms with Gasteiger partial charge in [0.05, 0.1) is 21.5 Å². The summed E-state index contributed by atoms with van der Waals surface area (Å²) in [5, 5.41) is 10.0. The van der Waals surface area contributed by atoms with Crippen LogP contribution in [0.4, 0.5) is 0 Å². The highest BCUT2D eigenvalue weighted by atomic mass is 32.2. The van der Waals surface area contributed by atoms with Crippen LogP contribution < -0.4 is 0 Å². The first-order valence-electron chi connectivity index (χ1n) is 11.4. The average Bonchev–Trinajstić information content (AvgIpc) is 2.84. The van der Waals surface area contributed by atoms with Gasteiger partial charge >= 0.3 is 5.97 Å². The molecule has 35 heavy (non-hydrogen) atoms. The summed E-state index contributed by atoms with van der Waals surface area (Å²) in [5.41, 5.74) is 2.39. The quantitative estimate of drug-likeness (QED) is 0.256. The highest BCUT2D eigenvalue weighted by Gasteiger charge is 2.32. The zero-order valence-corrected chi connectivity index (χ0v) is 20.2. The maximum Gasteiger partial charge on any atom is 0.303 e. The van der Waals surface area contributed by atoms with Crippen molar-refractivity contribution in [3.05, 3.63) is 83.9 Å². The number of para-hydroxylation sites is 2. The molecule has 1 heterocycles. The van der Waals surface area contributed by atoms with Crippen molar-refractivity contribution in [2.45, 2.75) is 37.5 Å². The average molecular weight is 491 g/mol. The van der Waals surface area contributed by atoms with Crippen molar-refractivity contribution >= 4 is 43.7 Å². The van der Waals surface area contributed by atoms with Gasteiger partial charge in [-0.05, 0) is 44.0 Å². The molecule has 1 N–H and O–H groups in total. The van der Waals surface area contributed by atoms with Gasteiger partial charge in [0.1, 0.15) is 0 Å². The zero-order chi connectivity index (χ0) is 25.0. The molecule has 3 aromatic carbocycles. The van der Waals surface area contributed by atoms with E-state index in [1.807, 2.05) is 19.1 Å². The van der Waals surface area contributed by atoms with E-state index in [2.05, 4.69) is 4.98 Å². The number of hydrogen-bond acceptors (Lipinski definition) is 5. The summed E-state index contributed by atoms with van der Waals surface area (Å²) in [6.07, 6.45) is 1.24. The molecular formula is C27H26N2O5S. The van der Waals surface area contributed by atoms with Gasteiger partial charge in [0, 0.05) is 23.7 Å². The number of carboxylic acids is 1. The Balaban J connectivity index is 1.81. The number of fused-ring (bicyclic) bond motifs is 2. The van der Waals surface area contributed by atoms with E-state index in [0.717, 1.165) is 9.87 Å². The van der Waals surface area contributed by atoms with Crippen LogP contribution in [0.15, 0.2) is 77.7 Å². The topological polar surface area (TPSA) is 105 Å². The number of rotatable bonds is 9. The minimum absolute atomic E-state index is 0.00170. The van der Waals surface area contributed by atoms with Gasteiger partial charge in [0.25, 0.3) is 15.9 Å². The molecule has 0 aliphatic heterocycles. The monoisotopic (exact) mass is 490 g/mol. The third-order valence-electron chi connectivity index (χ3n) is 5.89. The molecule has 0 fully saturated rings. The lowest BCUT2D eigenvalue weighted by molar-refractivity contribution is -0.137. The molecule has 0 bridgehead atoms. The van der Waals surface area contributed by atoms with Crippen LogP contribution in [0.3, 0.4) is 0 Å². The van der Waals surface area contributed by atoms with Gasteiger partial charge in [-0.1, -0.05) is 60.5 Å². The van der Waals surface area contributed by atoms with E-state index < -0.39 is 21.9 Å². The largest absolute Gasteiger partial charge is 0.481 e. The summed E-state index contributed by atoms with van der Waals surface area (Å²) in [6, 6.07) is 20.7. The number of hydrogen-bond donors (Lipinski definition) is 1. The van der Waals surface area contributed by atoms with Gasteiger partial charge < -0.3 is 5.11 Å². The standard InChI is InChI=1S/C27H26N2O5S/c1-19-14-16-20(17-15-19)35(33,34)29(18-8-2-3-13-25(30)31)27(32)26-21-9-4-6-11-23(21)28-24-12-7-5-10-22(24)26/h4-7,9-12,14-17H,2-3,8,13,18H2,1H3,(H,30,31). The van der Waals surface area contributed by atoms with E-state index in [1.165, 1.54) is 12.1 Å². The second-order valence-corrected chi connectivity index (χ2v) is 10.3. The SMILES string of the molecule is Cc1ccc(S(=O)(=O)N(CCCCCC(=O)O)C(=O)c2c3ccccc3nc3ccccc23)cc1. The number of carboxylic acid groups (broad SMARTS) is 1. The van der Waals surface area contributed by atoms with Crippen molar-refractivity contribution in [3.63, 3.8) is 0 Å².